The van der Waals surface area contributed by atoms with Gasteiger partial charge in [-0.1, -0.05) is 247 Å². The number of hydrogen-bond donors (Lipinski definition) is 6. The highest BCUT2D eigenvalue weighted by molar-refractivity contribution is 5.76. The van der Waals surface area contributed by atoms with Gasteiger partial charge in [-0.15, -0.1) is 0 Å². The zero-order valence-corrected chi connectivity index (χ0v) is 44.3. The molecule has 1 aliphatic heterocycles. The number of carbonyl (C=O) groups is 1. The van der Waals surface area contributed by atoms with E-state index in [9.17, 15) is 30.3 Å². The molecule has 400 valence electrons. The molecule has 1 heterocycles. The first-order valence-electron chi connectivity index (χ1n) is 28.6. The van der Waals surface area contributed by atoms with Gasteiger partial charge in [0, 0.05) is 6.42 Å². The Labute approximate surface area is 423 Å². The molecular weight excluding hydrogens is 863 g/mol. The molecule has 7 unspecified atom stereocenters. The first kappa shape index (κ1) is 64.6. The largest absolute Gasteiger partial charge is 0.394 e. The SMILES string of the molecule is CC/C=C\C/C=C\C/C=C\C/C=C\C/C=C\C/C=C\CCCCCCCCCCCCC(=O)NC(COC1OC(CO)C(O)C(O)C1O)C(O)CCCCCCCCCCCCCCCCCCC. The molecule has 0 aliphatic carbocycles. The summed E-state index contributed by atoms with van der Waals surface area (Å²) in [6.07, 6.45) is 60.6. The summed E-state index contributed by atoms with van der Waals surface area (Å²) in [6.45, 7) is 3.73. The summed E-state index contributed by atoms with van der Waals surface area (Å²) in [6, 6.07) is -0.725. The monoisotopic (exact) mass is 970 g/mol. The third kappa shape index (κ3) is 38.9. The summed E-state index contributed by atoms with van der Waals surface area (Å²) in [5, 5.41) is 54.7. The van der Waals surface area contributed by atoms with Crippen LogP contribution in [0.4, 0.5) is 0 Å². The van der Waals surface area contributed by atoms with Gasteiger partial charge in [0.05, 0.1) is 25.4 Å². The van der Waals surface area contributed by atoms with E-state index in [-0.39, 0.29) is 12.5 Å². The molecule has 9 heteroatoms. The summed E-state index contributed by atoms with van der Waals surface area (Å²) in [5.74, 6) is -0.150. The van der Waals surface area contributed by atoms with Crippen LogP contribution in [-0.2, 0) is 14.3 Å². The number of unbranched alkanes of at least 4 members (excludes halogenated alkanes) is 26. The predicted octanol–water partition coefficient (Wildman–Crippen LogP) is 14.1. The van der Waals surface area contributed by atoms with Crippen molar-refractivity contribution in [2.24, 2.45) is 0 Å². The molecule has 1 rings (SSSR count). The van der Waals surface area contributed by atoms with Gasteiger partial charge >= 0.3 is 0 Å². The minimum Gasteiger partial charge on any atom is -0.394 e. The van der Waals surface area contributed by atoms with Gasteiger partial charge in [-0.3, -0.25) is 4.79 Å². The normalized spacial score (nSPS) is 20.0. The Kier molecular flexibility index (Phi) is 46.1. The second-order valence-electron chi connectivity index (χ2n) is 19.7. The number of allylic oxidation sites excluding steroid dienone is 12. The van der Waals surface area contributed by atoms with Gasteiger partial charge in [-0.25, -0.2) is 0 Å². The molecule has 0 spiro atoms. The molecule has 6 N–H and O–H groups in total. The zero-order chi connectivity index (χ0) is 50.1. The van der Waals surface area contributed by atoms with Crippen molar-refractivity contribution in [2.45, 2.75) is 288 Å². The molecule has 9 nitrogen and oxygen atoms in total. The van der Waals surface area contributed by atoms with Crippen LogP contribution >= 0.6 is 0 Å². The van der Waals surface area contributed by atoms with Crippen LogP contribution < -0.4 is 5.32 Å². The number of nitrogens with one attached hydrogen (secondary N) is 1. The first-order chi connectivity index (χ1) is 33.8. The highest BCUT2D eigenvalue weighted by atomic mass is 16.7. The smallest absolute Gasteiger partial charge is 0.220 e. The van der Waals surface area contributed by atoms with Crippen LogP contribution in [0.25, 0.3) is 0 Å². The van der Waals surface area contributed by atoms with Gasteiger partial charge in [-0.05, 0) is 64.2 Å². The minimum atomic E-state index is -1.56. The Balaban J connectivity index is 2.20. The average Bonchev–Trinajstić information content (AvgIpc) is 3.35. The fourth-order valence-corrected chi connectivity index (χ4v) is 8.81. The quantitative estimate of drug-likeness (QED) is 0.0261. The van der Waals surface area contributed by atoms with E-state index in [0.29, 0.717) is 12.8 Å². The van der Waals surface area contributed by atoms with E-state index in [1.54, 1.807) is 0 Å². The number of carbonyl (C=O) groups excluding carboxylic acids is 1. The third-order valence-corrected chi connectivity index (χ3v) is 13.3. The maximum Gasteiger partial charge on any atom is 0.220 e. The number of amides is 1. The lowest BCUT2D eigenvalue weighted by Gasteiger charge is -2.40. The molecule has 1 fully saturated rings. The highest BCUT2D eigenvalue weighted by Crippen LogP contribution is 2.23. The van der Waals surface area contributed by atoms with Crippen molar-refractivity contribution in [3.8, 4) is 0 Å². The van der Waals surface area contributed by atoms with Gasteiger partial charge in [0.25, 0.3) is 0 Å². The van der Waals surface area contributed by atoms with E-state index in [2.05, 4.69) is 92.1 Å². The van der Waals surface area contributed by atoms with Crippen LogP contribution in [0, 0.1) is 0 Å². The lowest BCUT2D eigenvalue weighted by Crippen LogP contribution is -2.60. The molecule has 0 aromatic carbocycles. The van der Waals surface area contributed by atoms with Gasteiger partial charge in [0.2, 0.25) is 5.91 Å². The van der Waals surface area contributed by atoms with Crippen LogP contribution in [0.3, 0.4) is 0 Å². The third-order valence-electron chi connectivity index (χ3n) is 13.3. The molecule has 1 aliphatic rings. The van der Waals surface area contributed by atoms with Crippen LogP contribution in [-0.4, -0.2) is 87.5 Å². The Bertz CT molecular complexity index is 1310. The van der Waals surface area contributed by atoms with E-state index in [1.807, 2.05) is 0 Å². The maximum atomic E-state index is 13.1. The van der Waals surface area contributed by atoms with Crippen LogP contribution in [0.1, 0.15) is 245 Å². The lowest BCUT2D eigenvalue weighted by atomic mass is 9.99. The summed E-state index contributed by atoms with van der Waals surface area (Å²) < 4.78 is 11.3. The maximum absolute atomic E-state index is 13.1. The van der Waals surface area contributed by atoms with Gasteiger partial charge < -0.3 is 40.3 Å². The van der Waals surface area contributed by atoms with Crippen molar-refractivity contribution in [1.29, 1.82) is 0 Å². The minimum absolute atomic E-state index is 0.142. The van der Waals surface area contributed by atoms with Crippen molar-refractivity contribution in [1.82, 2.24) is 5.32 Å². The number of hydrogen-bond acceptors (Lipinski definition) is 8. The number of aliphatic hydroxyl groups excluding tert-OH is 5. The second kappa shape index (κ2) is 49.2. The lowest BCUT2D eigenvalue weighted by molar-refractivity contribution is -0.302. The number of aliphatic hydroxyl groups is 5. The summed E-state index contributed by atoms with van der Waals surface area (Å²) in [7, 11) is 0. The van der Waals surface area contributed by atoms with Crippen molar-refractivity contribution >= 4 is 5.91 Å². The van der Waals surface area contributed by atoms with Crippen LogP contribution in [0.15, 0.2) is 72.9 Å². The molecular formula is C60H107NO8. The summed E-state index contributed by atoms with van der Waals surface area (Å²) in [5.41, 5.74) is 0. The van der Waals surface area contributed by atoms with Crippen molar-refractivity contribution in [3.63, 3.8) is 0 Å². The predicted molar refractivity (Wildman–Crippen MR) is 290 cm³/mol. The Morgan fingerprint density at radius 3 is 1.33 bits per heavy atom. The van der Waals surface area contributed by atoms with Crippen molar-refractivity contribution in [3.05, 3.63) is 72.9 Å². The van der Waals surface area contributed by atoms with E-state index in [1.165, 1.54) is 135 Å². The summed E-state index contributed by atoms with van der Waals surface area (Å²) >= 11 is 0. The number of rotatable bonds is 48. The van der Waals surface area contributed by atoms with E-state index in [4.69, 9.17) is 9.47 Å². The Morgan fingerprint density at radius 1 is 0.507 bits per heavy atom. The Hall–Kier alpha value is -2.37. The van der Waals surface area contributed by atoms with Crippen molar-refractivity contribution in [2.75, 3.05) is 13.2 Å². The van der Waals surface area contributed by atoms with E-state index >= 15 is 0 Å². The topological polar surface area (TPSA) is 149 Å². The molecule has 69 heavy (non-hydrogen) atoms. The van der Waals surface area contributed by atoms with Gasteiger partial charge in [0.15, 0.2) is 6.29 Å². The molecule has 0 radical (unpaired) electrons. The molecule has 0 aromatic rings. The average molecular weight is 971 g/mol. The zero-order valence-electron chi connectivity index (χ0n) is 44.3. The standard InChI is InChI=1S/C60H107NO8/c1-3-5-7-9-11-13-15-17-19-21-22-23-24-25-26-27-28-29-30-31-32-34-36-38-40-42-44-46-48-50-56(64)61-53(52-68-60-59(67)58(66)57(65)55(51-62)69-60)54(63)49-47-45-43-41-39-37-35-33-20-18-16-14-12-10-8-6-4-2/h5,7,11,13,17,19,22-23,25-26,28-29,53-55,57-60,62-63,65-67H,3-4,6,8-10,12,14-16,18,20-21,24,27,30-52H2,1-2H3,(H,61,64)/b7-5-,13-11-,19-17-,23-22-,26-25-,29-28-. The highest BCUT2D eigenvalue weighted by Gasteiger charge is 2.44. The van der Waals surface area contributed by atoms with Gasteiger partial charge in [-0.2, -0.15) is 0 Å². The molecule has 1 saturated heterocycles. The molecule has 0 saturated carbocycles. The first-order valence-corrected chi connectivity index (χ1v) is 28.6. The number of ether oxygens (including phenoxy) is 2. The Morgan fingerprint density at radius 2 is 0.899 bits per heavy atom. The van der Waals surface area contributed by atoms with Gasteiger partial charge in [0.1, 0.15) is 24.4 Å². The van der Waals surface area contributed by atoms with E-state index < -0.39 is 49.5 Å². The van der Waals surface area contributed by atoms with Crippen molar-refractivity contribution < 1.29 is 39.8 Å². The molecule has 7 atom stereocenters. The molecule has 0 aromatic heterocycles. The summed E-state index contributed by atoms with van der Waals surface area (Å²) in [4.78, 5) is 13.1. The second-order valence-corrected chi connectivity index (χ2v) is 19.7. The molecule has 1 amide bonds. The molecule has 0 bridgehead atoms. The fourth-order valence-electron chi connectivity index (χ4n) is 8.81. The van der Waals surface area contributed by atoms with E-state index in [0.717, 1.165) is 83.5 Å². The fraction of sp³-hybridized carbons (Fsp3) is 0.783. The van der Waals surface area contributed by atoms with Crippen LogP contribution in [0.5, 0.6) is 0 Å². The van der Waals surface area contributed by atoms with Crippen LogP contribution in [0.2, 0.25) is 0 Å².